The van der Waals surface area contributed by atoms with Crippen molar-refractivity contribution in [1.29, 1.82) is 0 Å². The number of nitrogens with two attached hydrogens (primary N) is 1. The number of hydrogen-bond donors (Lipinski definition) is 1. The standard InChI is InChI=1S/C17H16ClNO2/c1-10-6-11(2-3-15(10)19)16(20)9-13-8-14(18)7-12-4-5-21-17(12)13/h2-3,6-8H,4-5,9,19H2,1H3. The maximum absolute atomic E-state index is 12.4. The largest absolute Gasteiger partial charge is 0.493 e. The fourth-order valence-electron chi connectivity index (χ4n) is 2.60. The number of hydrogen-bond acceptors (Lipinski definition) is 3. The lowest BCUT2D eigenvalue weighted by Gasteiger charge is -2.09. The summed E-state index contributed by atoms with van der Waals surface area (Å²) < 4.78 is 5.63. The maximum atomic E-state index is 12.4. The molecule has 1 aliphatic heterocycles. The van der Waals surface area contributed by atoms with Crippen LogP contribution in [0.3, 0.4) is 0 Å². The molecule has 4 heteroatoms. The van der Waals surface area contributed by atoms with E-state index in [1.807, 2.05) is 25.1 Å². The van der Waals surface area contributed by atoms with E-state index in [4.69, 9.17) is 22.1 Å². The van der Waals surface area contributed by atoms with E-state index < -0.39 is 0 Å². The molecule has 2 N–H and O–H groups in total. The third kappa shape index (κ3) is 2.74. The number of halogens is 1. The Hall–Kier alpha value is -2.00. The Bertz CT molecular complexity index is 725. The summed E-state index contributed by atoms with van der Waals surface area (Å²) in [6, 6.07) is 9.07. The van der Waals surface area contributed by atoms with Crippen LogP contribution in [0.1, 0.15) is 27.0 Å². The highest BCUT2D eigenvalue weighted by atomic mass is 35.5. The number of anilines is 1. The second kappa shape index (κ2) is 5.41. The number of rotatable bonds is 3. The highest BCUT2D eigenvalue weighted by molar-refractivity contribution is 6.30. The molecule has 0 radical (unpaired) electrons. The van der Waals surface area contributed by atoms with E-state index in [0.29, 0.717) is 22.9 Å². The Balaban J connectivity index is 1.90. The van der Waals surface area contributed by atoms with Crippen LogP contribution in [0.5, 0.6) is 5.75 Å². The van der Waals surface area contributed by atoms with E-state index in [0.717, 1.165) is 28.9 Å². The second-order valence-electron chi connectivity index (χ2n) is 5.32. The Kier molecular flexibility index (Phi) is 3.60. The van der Waals surface area contributed by atoms with E-state index in [1.165, 1.54) is 0 Å². The molecule has 1 heterocycles. The molecule has 3 nitrogen and oxygen atoms in total. The molecule has 108 valence electrons. The smallest absolute Gasteiger partial charge is 0.167 e. The molecule has 0 amide bonds. The Morgan fingerprint density at radius 2 is 2.14 bits per heavy atom. The predicted molar refractivity (Wildman–Crippen MR) is 84.3 cm³/mol. The number of carbonyl (C=O) groups is 1. The first-order valence-corrected chi connectivity index (χ1v) is 7.26. The van der Waals surface area contributed by atoms with Gasteiger partial charge in [-0.25, -0.2) is 0 Å². The van der Waals surface area contributed by atoms with Crippen molar-refractivity contribution in [1.82, 2.24) is 0 Å². The van der Waals surface area contributed by atoms with Gasteiger partial charge < -0.3 is 10.5 Å². The van der Waals surface area contributed by atoms with Gasteiger partial charge >= 0.3 is 0 Å². The number of carbonyl (C=O) groups excluding carboxylic acids is 1. The van der Waals surface area contributed by atoms with Gasteiger partial charge in [0.1, 0.15) is 5.75 Å². The van der Waals surface area contributed by atoms with Gasteiger partial charge in [0.2, 0.25) is 0 Å². The first-order chi connectivity index (χ1) is 10.0. The molecule has 0 saturated heterocycles. The highest BCUT2D eigenvalue weighted by Crippen LogP contribution is 2.33. The van der Waals surface area contributed by atoms with Gasteiger partial charge in [0.25, 0.3) is 0 Å². The van der Waals surface area contributed by atoms with Crippen molar-refractivity contribution in [2.45, 2.75) is 19.8 Å². The third-order valence-corrected chi connectivity index (χ3v) is 3.99. The minimum atomic E-state index is 0.0399. The molecule has 0 spiro atoms. The van der Waals surface area contributed by atoms with Gasteiger partial charge in [-0.2, -0.15) is 0 Å². The van der Waals surface area contributed by atoms with Crippen molar-refractivity contribution in [3.63, 3.8) is 0 Å². The Morgan fingerprint density at radius 3 is 2.90 bits per heavy atom. The van der Waals surface area contributed by atoms with Crippen LogP contribution in [-0.4, -0.2) is 12.4 Å². The lowest BCUT2D eigenvalue weighted by molar-refractivity contribution is 0.0992. The second-order valence-corrected chi connectivity index (χ2v) is 5.76. The summed E-state index contributed by atoms with van der Waals surface area (Å²) in [5.41, 5.74) is 9.99. The first-order valence-electron chi connectivity index (χ1n) is 6.88. The summed E-state index contributed by atoms with van der Waals surface area (Å²) in [5.74, 6) is 0.859. The van der Waals surface area contributed by atoms with Crippen LogP contribution in [0.25, 0.3) is 0 Å². The molecule has 3 rings (SSSR count). The fraction of sp³-hybridized carbons (Fsp3) is 0.235. The lowest BCUT2D eigenvalue weighted by Crippen LogP contribution is -2.06. The van der Waals surface area contributed by atoms with Gasteiger partial charge in [0, 0.05) is 34.7 Å². The zero-order valence-corrected chi connectivity index (χ0v) is 12.5. The summed E-state index contributed by atoms with van der Waals surface area (Å²) in [6.07, 6.45) is 1.13. The minimum Gasteiger partial charge on any atom is -0.493 e. The summed E-state index contributed by atoms with van der Waals surface area (Å²) >= 11 is 6.12. The Morgan fingerprint density at radius 1 is 1.33 bits per heavy atom. The highest BCUT2D eigenvalue weighted by Gasteiger charge is 2.20. The van der Waals surface area contributed by atoms with Crippen molar-refractivity contribution in [2.75, 3.05) is 12.3 Å². The molecule has 0 bridgehead atoms. The molecule has 1 aliphatic rings. The number of fused-ring (bicyclic) bond motifs is 1. The predicted octanol–water partition coefficient (Wildman–Crippen LogP) is 3.59. The van der Waals surface area contributed by atoms with Gasteiger partial charge in [-0.05, 0) is 48.4 Å². The molecule has 0 aromatic heterocycles. The molecular formula is C17H16ClNO2. The summed E-state index contributed by atoms with van der Waals surface area (Å²) in [5, 5.41) is 0.649. The van der Waals surface area contributed by atoms with Gasteiger partial charge in [0.05, 0.1) is 6.61 Å². The first kappa shape index (κ1) is 14.0. The molecular weight excluding hydrogens is 286 g/mol. The van der Waals surface area contributed by atoms with Crippen LogP contribution in [-0.2, 0) is 12.8 Å². The molecule has 0 aliphatic carbocycles. The van der Waals surface area contributed by atoms with Crippen molar-refractivity contribution in [3.05, 3.63) is 57.6 Å². The zero-order valence-electron chi connectivity index (χ0n) is 11.8. The van der Waals surface area contributed by atoms with E-state index >= 15 is 0 Å². The SMILES string of the molecule is Cc1cc(C(=O)Cc2cc(Cl)cc3c2OCC3)ccc1N. The van der Waals surface area contributed by atoms with Crippen molar-refractivity contribution in [2.24, 2.45) is 0 Å². The van der Waals surface area contributed by atoms with Crippen LogP contribution < -0.4 is 10.5 Å². The maximum Gasteiger partial charge on any atom is 0.167 e. The summed E-state index contributed by atoms with van der Waals surface area (Å²) in [6.45, 7) is 2.55. The number of benzene rings is 2. The quantitative estimate of drug-likeness (QED) is 0.696. The fourth-order valence-corrected chi connectivity index (χ4v) is 2.86. The molecule has 2 aromatic carbocycles. The number of Topliss-reactive ketones (excluding diaryl/α,β-unsaturated/α-hetero) is 1. The normalized spacial score (nSPS) is 12.9. The number of nitrogen functional groups attached to an aromatic ring is 1. The number of aryl methyl sites for hydroxylation is 1. The monoisotopic (exact) mass is 301 g/mol. The van der Waals surface area contributed by atoms with Crippen molar-refractivity contribution >= 4 is 23.1 Å². The van der Waals surface area contributed by atoms with Crippen LogP contribution in [0.4, 0.5) is 5.69 Å². The van der Waals surface area contributed by atoms with Crippen LogP contribution >= 0.6 is 11.6 Å². The van der Waals surface area contributed by atoms with Crippen LogP contribution in [0.15, 0.2) is 30.3 Å². The van der Waals surface area contributed by atoms with Crippen molar-refractivity contribution < 1.29 is 9.53 Å². The average molecular weight is 302 g/mol. The summed E-state index contributed by atoms with van der Waals surface area (Å²) in [4.78, 5) is 12.4. The Labute approximate surface area is 128 Å². The molecule has 0 unspecified atom stereocenters. The minimum absolute atomic E-state index is 0.0399. The molecule has 21 heavy (non-hydrogen) atoms. The zero-order chi connectivity index (χ0) is 15.0. The molecule has 0 atom stereocenters. The van der Waals surface area contributed by atoms with E-state index in [9.17, 15) is 4.79 Å². The van der Waals surface area contributed by atoms with Gasteiger partial charge in [-0.1, -0.05) is 11.6 Å². The van der Waals surface area contributed by atoms with E-state index in [-0.39, 0.29) is 12.2 Å². The third-order valence-electron chi connectivity index (χ3n) is 3.77. The van der Waals surface area contributed by atoms with E-state index in [2.05, 4.69) is 0 Å². The molecule has 0 saturated carbocycles. The van der Waals surface area contributed by atoms with Crippen molar-refractivity contribution in [3.8, 4) is 5.75 Å². The van der Waals surface area contributed by atoms with Crippen LogP contribution in [0, 0.1) is 6.92 Å². The average Bonchev–Trinajstić information content (AvgIpc) is 2.90. The topological polar surface area (TPSA) is 52.3 Å². The summed E-state index contributed by atoms with van der Waals surface area (Å²) in [7, 11) is 0. The van der Waals surface area contributed by atoms with E-state index in [1.54, 1.807) is 12.1 Å². The number of ketones is 1. The molecule has 2 aromatic rings. The van der Waals surface area contributed by atoms with Gasteiger partial charge in [0.15, 0.2) is 5.78 Å². The van der Waals surface area contributed by atoms with Gasteiger partial charge in [-0.3, -0.25) is 4.79 Å². The number of ether oxygens (including phenoxy) is 1. The lowest BCUT2D eigenvalue weighted by atomic mass is 9.98. The van der Waals surface area contributed by atoms with Gasteiger partial charge in [-0.15, -0.1) is 0 Å². The van der Waals surface area contributed by atoms with Crippen LogP contribution in [0.2, 0.25) is 5.02 Å². The molecule has 0 fully saturated rings.